The average molecular weight is 531 g/mol. The molecule has 2 N–H and O–H groups in total. The number of aliphatic imine (C=N–C) groups is 1. The van der Waals surface area contributed by atoms with Crippen LogP contribution in [0.5, 0.6) is 5.75 Å². The summed E-state index contributed by atoms with van der Waals surface area (Å²) in [5.74, 6) is 1.47. The fraction of sp³-hybridized carbons (Fsp3) is 0.333. The van der Waals surface area contributed by atoms with E-state index in [1.807, 2.05) is 49.2 Å². The van der Waals surface area contributed by atoms with Crippen LogP contribution in [0.1, 0.15) is 22.8 Å². The van der Waals surface area contributed by atoms with Gasteiger partial charge in [0.25, 0.3) is 5.91 Å². The number of halogens is 2. The molecular formula is C21H28ClIN4O2. The second-order valence-corrected chi connectivity index (χ2v) is 6.61. The van der Waals surface area contributed by atoms with Crippen LogP contribution in [0.2, 0.25) is 5.02 Å². The predicted molar refractivity (Wildman–Crippen MR) is 130 cm³/mol. The number of hydrogen-bond donors (Lipinski definition) is 2. The van der Waals surface area contributed by atoms with E-state index in [1.54, 1.807) is 25.2 Å². The lowest BCUT2D eigenvalue weighted by Gasteiger charge is -2.22. The van der Waals surface area contributed by atoms with E-state index in [0.29, 0.717) is 30.3 Å². The summed E-state index contributed by atoms with van der Waals surface area (Å²) in [5, 5.41) is 6.60. The molecule has 0 spiro atoms. The van der Waals surface area contributed by atoms with Crippen molar-refractivity contribution in [1.82, 2.24) is 15.5 Å². The van der Waals surface area contributed by atoms with Gasteiger partial charge >= 0.3 is 0 Å². The second-order valence-electron chi connectivity index (χ2n) is 6.17. The molecule has 0 bridgehead atoms. The van der Waals surface area contributed by atoms with E-state index in [9.17, 15) is 4.79 Å². The minimum atomic E-state index is -0.103. The SMILES string of the molecule is CCNC(=NCc1cccc(C(=O)NC)c1)N(C)CCOc1ccc(Cl)cc1.I. The summed E-state index contributed by atoms with van der Waals surface area (Å²) in [6, 6.07) is 14.8. The van der Waals surface area contributed by atoms with Gasteiger partial charge in [-0.05, 0) is 48.9 Å². The number of nitrogens with zero attached hydrogens (tertiary/aromatic N) is 2. The molecular weight excluding hydrogens is 503 g/mol. The molecule has 0 saturated heterocycles. The van der Waals surface area contributed by atoms with Crippen LogP contribution in [0.3, 0.4) is 0 Å². The number of benzene rings is 2. The Labute approximate surface area is 194 Å². The van der Waals surface area contributed by atoms with Crippen LogP contribution >= 0.6 is 35.6 Å². The van der Waals surface area contributed by atoms with Crippen molar-refractivity contribution in [2.24, 2.45) is 4.99 Å². The molecule has 0 aliphatic heterocycles. The molecule has 0 unspecified atom stereocenters. The number of carbonyl (C=O) groups excluding carboxylic acids is 1. The van der Waals surface area contributed by atoms with Crippen LogP contribution in [-0.4, -0.2) is 50.6 Å². The van der Waals surface area contributed by atoms with Crippen molar-refractivity contribution in [2.45, 2.75) is 13.5 Å². The zero-order chi connectivity index (χ0) is 20.4. The molecule has 29 heavy (non-hydrogen) atoms. The number of carbonyl (C=O) groups is 1. The first-order valence-electron chi connectivity index (χ1n) is 9.22. The molecule has 0 saturated carbocycles. The predicted octanol–water partition coefficient (Wildman–Crippen LogP) is 3.79. The highest BCUT2D eigenvalue weighted by Crippen LogP contribution is 2.15. The average Bonchev–Trinajstić information content (AvgIpc) is 2.72. The number of likely N-dealkylation sites (N-methyl/N-ethyl adjacent to an activating group) is 1. The standard InChI is InChI=1S/C21H27ClN4O2.HI/c1-4-24-21(25-15-16-6-5-7-17(14-16)20(27)23-2)26(3)12-13-28-19-10-8-18(22)9-11-19;/h5-11,14H,4,12-13,15H2,1-3H3,(H,23,27)(H,24,25);1H. The van der Waals surface area contributed by atoms with Gasteiger partial charge in [0.1, 0.15) is 12.4 Å². The molecule has 0 fully saturated rings. The molecule has 2 rings (SSSR count). The van der Waals surface area contributed by atoms with E-state index < -0.39 is 0 Å². The fourth-order valence-corrected chi connectivity index (χ4v) is 2.65. The number of ether oxygens (including phenoxy) is 1. The molecule has 0 aliphatic carbocycles. The minimum Gasteiger partial charge on any atom is -0.492 e. The van der Waals surface area contributed by atoms with Gasteiger partial charge in [-0.25, -0.2) is 4.99 Å². The quantitative estimate of drug-likeness (QED) is 0.310. The third-order valence-corrected chi connectivity index (χ3v) is 4.29. The number of hydrogen-bond acceptors (Lipinski definition) is 3. The van der Waals surface area contributed by atoms with Gasteiger partial charge in [-0.15, -0.1) is 24.0 Å². The maximum absolute atomic E-state index is 11.8. The van der Waals surface area contributed by atoms with Gasteiger partial charge in [0.05, 0.1) is 13.1 Å². The third kappa shape index (κ3) is 8.49. The van der Waals surface area contributed by atoms with E-state index in [-0.39, 0.29) is 29.9 Å². The first-order chi connectivity index (χ1) is 13.5. The Balaban J connectivity index is 0.00000420. The summed E-state index contributed by atoms with van der Waals surface area (Å²) in [6.45, 7) is 4.47. The van der Waals surface area contributed by atoms with Crippen LogP contribution in [-0.2, 0) is 6.54 Å². The highest BCUT2D eigenvalue weighted by molar-refractivity contribution is 14.0. The normalized spacial score (nSPS) is 10.7. The summed E-state index contributed by atoms with van der Waals surface area (Å²) in [4.78, 5) is 18.5. The second kappa shape index (κ2) is 13.3. The molecule has 6 nitrogen and oxygen atoms in total. The summed E-state index contributed by atoms with van der Waals surface area (Å²) < 4.78 is 5.75. The van der Waals surface area contributed by atoms with Crippen LogP contribution in [0.15, 0.2) is 53.5 Å². The van der Waals surface area contributed by atoms with Gasteiger partial charge in [-0.1, -0.05) is 23.7 Å². The number of guanidine groups is 1. The molecule has 2 aromatic rings. The Kier molecular flexibility index (Phi) is 11.5. The van der Waals surface area contributed by atoms with Crippen molar-refractivity contribution in [2.75, 3.05) is 33.8 Å². The summed E-state index contributed by atoms with van der Waals surface area (Å²) in [5.41, 5.74) is 1.60. The lowest BCUT2D eigenvalue weighted by molar-refractivity contribution is 0.0963. The molecule has 0 heterocycles. The van der Waals surface area contributed by atoms with E-state index in [1.165, 1.54) is 0 Å². The Bertz CT molecular complexity index is 800. The van der Waals surface area contributed by atoms with Crippen LogP contribution in [0, 0.1) is 0 Å². The number of rotatable bonds is 8. The molecule has 0 aliphatic rings. The molecule has 1 amide bonds. The van der Waals surface area contributed by atoms with Crippen molar-refractivity contribution in [3.05, 3.63) is 64.7 Å². The van der Waals surface area contributed by atoms with Crippen molar-refractivity contribution >= 4 is 47.4 Å². The van der Waals surface area contributed by atoms with Gasteiger partial charge in [0.2, 0.25) is 0 Å². The molecule has 0 atom stereocenters. The first-order valence-corrected chi connectivity index (χ1v) is 9.60. The monoisotopic (exact) mass is 530 g/mol. The van der Waals surface area contributed by atoms with Gasteiger partial charge in [-0.2, -0.15) is 0 Å². The van der Waals surface area contributed by atoms with Crippen molar-refractivity contribution in [1.29, 1.82) is 0 Å². The summed E-state index contributed by atoms with van der Waals surface area (Å²) >= 11 is 5.88. The lowest BCUT2D eigenvalue weighted by atomic mass is 10.1. The zero-order valence-electron chi connectivity index (χ0n) is 16.9. The van der Waals surface area contributed by atoms with Gasteiger partial charge in [0, 0.05) is 31.2 Å². The lowest BCUT2D eigenvalue weighted by Crippen LogP contribution is -2.40. The number of nitrogens with one attached hydrogen (secondary N) is 2. The maximum atomic E-state index is 11.8. The van der Waals surface area contributed by atoms with E-state index in [4.69, 9.17) is 16.3 Å². The Morgan fingerprint density at radius 2 is 1.93 bits per heavy atom. The molecule has 8 heteroatoms. The molecule has 0 aromatic heterocycles. The highest BCUT2D eigenvalue weighted by atomic mass is 127. The van der Waals surface area contributed by atoms with Crippen molar-refractivity contribution in [3.63, 3.8) is 0 Å². The largest absolute Gasteiger partial charge is 0.492 e. The maximum Gasteiger partial charge on any atom is 0.251 e. The summed E-state index contributed by atoms with van der Waals surface area (Å²) in [7, 11) is 3.59. The Hall–Kier alpha value is -2.00. The Morgan fingerprint density at radius 1 is 1.21 bits per heavy atom. The fourth-order valence-electron chi connectivity index (χ4n) is 2.53. The topological polar surface area (TPSA) is 66.0 Å². The molecule has 158 valence electrons. The highest BCUT2D eigenvalue weighted by Gasteiger charge is 2.07. The van der Waals surface area contributed by atoms with E-state index in [0.717, 1.165) is 23.8 Å². The van der Waals surface area contributed by atoms with Crippen LogP contribution in [0.25, 0.3) is 0 Å². The van der Waals surface area contributed by atoms with Crippen molar-refractivity contribution in [3.8, 4) is 5.75 Å². The van der Waals surface area contributed by atoms with E-state index in [2.05, 4.69) is 15.6 Å². The minimum absolute atomic E-state index is 0. The van der Waals surface area contributed by atoms with Crippen LogP contribution < -0.4 is 15.4 Å². The van der Waals surface area contributed by atoms with Gasteiger partial charge < -0.3 is 20.3 Å². The first kappa shape index (κ1) is 25.0. The smallest absolute Gasteiger partial charge is 0.251 e. The third-order valence-electron chi connectivity index (χ3n) is 4.03. The number of amides is 1. The van der Waals surface area contributed by atoms with Crippen LogP contribution in [0.4, 0.5) is 0 Å². The molecule has 2 aromatic carbocycles. The van der Waals surface area contributed by atoms with Gasteiger partial charge in [-0.3, -0.25) is 4.79 Å². The van der Waals surface area contributed by atoms with Gasteiger partial charge in [0.15, 0.2) is 5.96 Å². The summed E-state index contributed by atoms with van der Waals surface area (Å²) in [6.07, 6.45) is 0. The van der Waals surface area contributed by atoms with Crippen molar-refractivity contribution < 1.29 is 9.53 Å². The zero-order valence-corrected chi connectivity index (χ0v) is 20.0. The van der Waals surface area contributed by atoms with E-state index >= 15 is 0 Å². The molecule has 0 radical (unpaired) electrons. The Morgan fingerprint density at radius 3 is 2.59 bits per heavy atom.